The minimum atomic E-state index is 0.367. The van der Waals surface area contributed by atoms with Crippen molar-refractivity contribution in [3.05, 3.63) is 98.1 Å². The van der Waals surface area contributed by atoms with Crippen LogP contribution in [0.4, 0.5) is 0 Å². The molecule has 2 aromatic carbocycles. The molecule has 45 heavy (non-hydrogen) atoms. The highest BCUT2D eigenvalue weighted by atomic mass is 14.2. The molecule has 0 heteroatoms. The van der Waals surface area contributed by atoms with E-state index >= 15 is 0 Å². The predicted octanol–water partition coefficient (Wildman–Crippen LogP) is 16.6. The Kier molecular flexibility index (Phi) is 50.8. The van der Waals surface area contributed by atoms with Crippen molar-refractivity contribution in [1.82, 2.24) is 0 Å². The Morgan fingerprint density at radius 1 is 0.533 bits per heavy atom. The first-order valence-corrected chi connectivity index (χ1v) is 18.6. The smallest absolute Gasteiger partial charge is 0.00366 e. The van der Waals surface area contributed by atoms with Gasteiger partial charge in [-0.2, -0.15) is 0 Å². The zero-order valence-electron chi connectivity index (χ0n) is 32.9. The second-order valence-corrected chi connectivity index (χ2v) is 11.2. The van der Waals surface area contributed by atoms with Gasteiger partial charge in [0.25, 0.3) is 0 Å². The molecule has 5 rings (SSSR count). The average molecular weight is 623 g/mol. The molecule has 0 bridgehead atoms. The molecule has 0 spiro atoms. The highest BCUT2D eigenvalue weighted by molar-refractivity contribution is 5.88. The van der Waals surface area contributed by atoms with Crippen LogP contribution in [0, 0.1) is 12.8 Å². The summed E-state index contributed by atoms with van der Waals surface area (Å²) in [6, 6.07) is 13.1. The molecule has 0 radical (unpaired) electrons. The summed E-state index contributed by atoms with van der Waals surface area (Å²) in [7, 11) is 0. The van der Waals surface area contributed by atoms with Crippen LogP contribution in [-0.4, -0.2) is 0 Å². The minimum absolute atomic E-state index is 0.367. The first kappa shape index (κ1) is 52.2. The Morgan fingerprint density at radius 3 is 1.04 bits per heavy atom. The van der Waals surface area contributed by atoms with Gasteiger partial charge in [0.05, 0.1) is 0 Å². The molecule has 0 heterocycles. The summed E-state index contributed by atoms with van der Waals surface area (Å²) in [5, 5.41) is 2.71. The normalized spacial score (nSPS) is 12.3. The van der Waals surface area contributed by atoms with Gasteiger partial charge < -0.3 is 0 Å². The number of fused-ring (bicyclic) bond motifs is 1. The molecule has 262 valence electrons. The number of aryl methyl sites for hydroxylation is 1. The topological polar surface area (TPSA) is 0 Å². The van der Waals surface area contributed by atoms with Gasteiger partial charge in [-0.1, -0.05) is 206 Å². The van der Waals surface area contributed by atoms with E-state index < -0.39 is 0 Å². The summed E-state index contributed by atoms with van der Waals surface area (Å²) in [4.78, 5) is 0. The van der Waals surface area contributed by atoms with Crippen LogP contribution >= 0.6 is 0 Å². The first-order valence-electron chi connectivity index (χ1n) is 18.6. The molecule has 0 aliphatic heterocycles. The third-order valence-electron chi connectivity index (χ3n) is 6.85. The summed E-state index contributed by atoms with van der Waals surface area (Å²) >= 11 is 0. The van der Waals surface area contributed by atoms with Crippen LogP contribution in [0.1, 0.15) is 170 Å². The molecule has 3 aliphatic rings. The fourth-order valence-electron chi connectivity index (χ4n) is 3.43. The number of hydrogen-bond acceptors (Lipinski definition) is 0. The predicted molar refractivity (Wildman–Crippen MR) is 218 cm³/mol. The van der Waals surface area contributed by atoms with E-state index in [1.165, 1.54) is 123 Å². The molecular weight excluding hydrogens is 540 g/mol. The van der Waals surface area contributed by atoms with E-state index in [-0.39, 0.29) is 0 Å². The summed E-state index contributed by atoms with van der Waals surface area (Å²) in [6.45, 7) is 43.1. The van der Waals surface area contributed by atoms with Crippen molar-refractivity contribution in [1.29, 1.82) is 0 Å². The molecule has 0 amide bonds. The number of benzene rings is 2. The Hall–Kier alpha value is -2.34. The number of allylic oxidation sites excluding steroid dienone is 2. The van der Waals surface area contributed by atoms with Gasteiger partial charge in [-0.15, -0.1) is 26.3 Å². The highest BCUT2D eigenvalue weighted by Crippen LogP contribution is 2.28. The average Bonchev–Trinajstić information content (AvgIpc) is 2.95. The highest BCUT2D eigenvalue weighted by Gasteiger charge is 2.13. The van der Waals surface area contributed by atoms with Crippen LogP contribution in [0.5, 0.6) is 0 Å². The van der Waals surface area contributed by atoms with Crippen LogP contribution in [0.3, 0.4) is 0 Å². The van der Waals surface area contributed by atoms with Crippen molar-refractivity contribution in [2.45, 2.75) is 172 Å². The molecule has 2 aromatic rings. The van der Waals surface area contributed by atoms with Gasteiger partial charge in [-0.3, -0.25) is 0 Å². The lowest BCUT2D eigenvalue weighted by Gasteiger charge is -2.19. The van der Waals surface area contributed by atoms with Gasteiger partial charge in [0.1, 0.15) is 0 Å². The second-order valence-electron chi connectivity index (χ2n) is 11.2. The second kappa shape index (κ2) is 43.8. The fourth-order valence-corrected chi connectivity index (χ4v) is 3.43. The van der Waals surface area contributed by atoms with Crippen LogP contribution in [0.2, 0.25) is 0 Å². The molecule has 0 aromatic heterocycles. The maximum atomic E-state index is 4.11. The Labute approximate surface area is 286 Å². The summed E-state index contributed by atoms with van der Waals surface area (Å²) in [6.07, 6.45) is 21.5. The molecule has 3 aliphatic carbocycles. The summed E-state index contributed by atoms with van der Waals surface area (Å²) < 4.78 is 0. The summed E-state index contributed by atoms with van der Waals surface area (Å²) in [5.74, 6) is 0.367. The van der Waals surface area contributed by atoms with Crippen LogP contribution in [0.25, 0.3) is 10.8 Å². The third kappa shape index (κ3) is 31.4. The van der Waals surface area contributed by atoms with Gasteiger partial charge in [0.2, 0.25) is 0 Å². The zero-order chi connectivity index (χ0) is 35.9. The van der Waals surface area contributed by atoms with Crippen LogP contribution in [0.15, 0.2) is 87.0 Å². The number of rotatable bonds is 4. The Morgan fingerprint density at radius 2 is 0.800 bits per heavy atom. The molecule has 3 fully saturated rings. The SMILES string of the molecule is C1CCC1.C1CCC1.C1CCC1.C=C.C=C.C=C(C)C(Cc1ccc(C)c2ccccc12)C(=C)C.CC.CC.CCC.CCC. The Balaban J connectivity index is -0.000000167. The molecule has 0 unspecified atom stereocenters. The van der Waals surface area contributed by atoms with Gasteiger partial charge in [0.15, 0.2) is 0 Å². The maximum absolute atomic E-state index is 4.11. The van der Waals surface area contributed by atoms with E-state index in [0.29, 0.717) is 5.92 Å². The van der Waals surface area contributed by atoms with Crippen LogP contribution < -0.4 is 0 Å². The maximum Gasteiger partial charge on any atom is 0.00366 e. The quantitative estimate of drug-likeness (QED) is 0.298. The van der Waals surface area contributed by atoms with Crippen molar-refractivity contribution < 1.29 is 0 Å². The lowest BCUT2D eigenvalue weighted by molar-refractivity contribution is 0.504. The van der Waals surface area contributed by atoms with E-state index in [4.69, 9.17) is 0 Å². The largest absolute Gasteiger partial charge is 0.106 e. The van der Waals surface area contributed by atoms with Gasteiger partial charge in [-0.05, 0) is 49.1 Å². The van der Waals surface area contributed by atoms with Gasteiger partial charge in [0, 0.05) is 5.92 Å². The third-order valence-corrected chi connectivity index (χ3v) is 6.85. The molecule has 3 saturated carbocycles. The number of hydrogen-bond donors (Lipinski definition) is 0. The van der Waals surface area contributed by atoms with E-state index in [0.717, 1.165) is 6.42 Å². The zero-order valence-corrected chi connectivity index (χ0v) is 32.9. The molecular formula is C45H82. The lowest BCUT2D eigenvalue weighted by atomic mass is 9.86. The van der Waals surface area contributed by atoms with Crippen LogP contribution in [-0.2, 0) is 6.42 Å². The fraction of sp³-hybridized carbons (Fsp3) is 0.600. The van der Waals surface area contributed by atoms with E-state index in [2.05, 4.69) is 124 Å². The Bertz CT molecular complexity index is 810. The van der Waals surface area contributed by atoms with Gasteiger partial charge in [-0.25, -0.2) is 0 Å². The van der Waals surface area contributed by atoms with E-state index in [1.807, 2.05) is 27.7 Å². The van der Waals surface area contributed by atoms with E-state index in [1.54, 1.807) is 0 Å². The standard InChI is InChI=1S/C19H22.3C4H8.2C3H8.2C2H6.2C2H4/c1-13(2)19(14(3)4)12-16-11-10-15(5)17-8-6-7-9-18(16)17;3*1-2-4-3-1;2*1-3-2;4*1-2/h6-11,19H,1,3,12H2,2,4-5H3;3*1-4H2;2*3H2,1-2H3;2*1-2H3;2*1-2H2. The van der Waals surface area contributed by atoms with Crippen molar-refractivity contribution >= 4 is 10.8 Å². The van der Waals surface area contributed by atoms with Crippen molar-refractivity contribution in [2.24, 2.45) is 5.92 Å². The molecule has 0 atom stereocenters. The van der Waals surface area contributed by atoms with Crippen molar-refractivity contribution in [3.8, 4) is 0 Å². The lowest BCUT2D eigenvalue weighted by Crippen LogP contribution is -2.07. The monoisotopic (exact) mass is 623 g/mol. The van der Waals surface area contributed by atoms with Crippen molar-refractivity contribution in [2.75, 3.05) is 0 Å². The first-order chi connectivity index (χ1) is 21.8. The van der Waals surface area contributed by atoms with Gasteiger partial charge >= 0.3 is 0 Å². The molecule has 0 nitrogen and oxygen atoms in total. The molecule has 0 saturated heterocycles. The summed E-state index contributed by atoms with van der Waals surface area (Å²) in [5.41, 5.74) is 5.10. The van der Waals surface area contributed by atoms with Crippen molar-refractivity contribution in [3.63, 3.8) is 0 Å². The molecule has 0 N–H and O–H groups in total. The minimum Gasteiger partial charge on any atom is -0.106 e. The van der Waals surface area contributed by atoms with E-state index in [9.17, 15) is 0 Å².